The average Bonchev–Trinajstić information content (AvgIpc) is 2.23. The van der Waals surface area contributed by atoms with Crippen molar-refractivity contribution >= 4 is 19.7 Å². The van der Waals surface area contributed by atoms with Crippen LogP contribution in [0.2, 0.25) is 0 Å². The molecule has 0 spiro atoms. The molecule has 114 valence electrons. The predicted octanol–water partition coefficient (Wildman–Crippen LogP) is 2.30. The van der Waals surface area contributed by atoms with Gasteiger partial charge in [-0.15, -0.1) is 13.2 Å². The Morgan fingerprint density at radius 1 is 1.40 bits per heavy atom. The SMILES string of the molecule is NCc1nc(C(F)F)cc(OC(F)(F)F)c1S(=O)(=O)Cl. The van der Waals surface area contributed by atoms with Crippen LogP contribution in [0.3, 0.4) is 0 Å². The molecule has 1 aromatic rings. The number of pyridine rings is 1. The first-order valence-electron chi connectivity index (χ1n) is 4.68. The van der Waals surface area contributed by atoms with Crippen molar-refractivity contribution in [3.8, 4) is 5.75 Å². The first-order valence-corrected chi connectivity index (χ1v) is 6.99. The second-order valence-corrected chi connectivity index (χ2v) is 5.81. The van der Waals surface area contributed by atoms with Crippen molar-refractivity contribution in [3.63, 3.8) is 0 Å². The van der Waals surface area contributed by atoms with E-state index in [1.165, 1.54) is 0 Å². The molecule has 0 radical (unpaired) electrons. The Balaban J connectivity index is 3.62. The van der Waals surface area contributed by atoms with Crippen molar-refractivity contribution in [1.29, 1.82) is 0 Å². The fourth-order valence-corrected chi connectivity index (χ4v) is 2.54. The second kappa shape index (κ2) is 5.66. The molecule has 0 aliphatic carbocycles. The van der Waals surface area contributed by atoms with Crippen LogP contribution in [0.5, 0.6) is 5.75 Å². The molecule has 1 heterocycles. The van der Waals surface area contributed by atoms with Crippen LogP contribution in [0.25, 0.3) is 0 Å². The van der Waals surface area contributed by atoms with Gasteiger partial charge in [0.25, 0.3) is 15.5 Å². The lowest BCUT2D eigenvalue weighted by Gasteiger charge is -2.15. The predicted molar refractivity (Wildman–Crippen MR) is 56.8 cm³/mol. The zero-order valence-electron chi connectivity index (χ0n) is 9.29. The summed E-state index contributed by atoms with van der Waals surface area (Å²) >= 11 is 0. The van der Waals surface area contributed by atoms with Crippen LogP contribution in [0.4, 0.5) is 22.0 Å². The van der Waals surface area contributed by atoms with E-state index in [4.69, 9.17) is 16.4 Å². The molecular formula is C8H6ClF5N2O3S. The van der Waals surface area contributed by atoms with E-state index in [-0.39, 0.29) is 6.07 Å². The molecule has 1 rings (SSSR count). The van der Waals surface area contributed by atoms with Crippen LogP contribution in [0, 0.1) is 0 Å². The smallest absolute Gasteiger partial charge is 0.404 e. The minimum atomic E-state index is -5.30. The van der Waals surface area contributed by atoms with Gasteiger partial charge in [-0.2, -0.15) is 0 Å². The Morgan fingerprint density at radius 3 is 2.30 bits per heavy atom. The highest BCUT2D eigenvalue weighted by Crippen LogP contribution is 2.36. The summed E-state index contributed by atoms with van der Waals surface area (Å²) in [7, 11) is 0.219. The average molecular weight is 341 g/mol. The van der Waals surface area contributed by atoms with Gasteiger partial charge < -0.3 is 10.5 Å². The van der Waals surface area contributed by atoms with Crippen molar-refractivity contribution in [2.24, 2.45) is 5.73 Å². The first-order chi connectivity index (χ1) is 8.95. The molecule has 0 unspecified atom stereocenters. The third-order valence-corrected chi connectivity index (χ3v) is 3.30. The van der Waals surface area contributed by atoms with E-state index >= 15 is 0 Å². The first kappa shape index (κ1) is 16.9. The maximum absolute atomic E-state index is 12.5. The van der Waals surface area contributed by atoms with Crippen LogP contribution >= 0.6 is 10.7 Å². The molecule has 0 aliphatic heterocycles. The number of hydrogen-bond acceptors (Lipinski definition) is 5. The topological polar surface area (TPSA) is 82.3 Å². The summed E-state index contributed by atoms with van der Waals surface area (Å²) in [5.74, 6) is -1.40. The molecule has 5 nitrogen and oxygen atoms in total. The monoisotopic (exact) mass is 340 g/mol. The van der Waals surface area contributed by atoms with E-state index in [1.807, 2.05) is 0 Å². The zero-order chi connectivity index (χ0) is 15.7. The highest BCUT2D eigenvalue weighted by Gasteiger charge is 2.36. The number of rotatable bonds is 4. The molecule has 0 aromatic carbocycles. The molecule has 2 N–H and O–H groups in total. The maximum Gasteiger partial charge on any atom is 0.573 e. The third-order valence-electron chi connectivity index (χ3n) is 1.92. The molecule has 1 aromatic heterocycles. The van der Waals surface area contributed by atoms with E-state index in [2.05, 4.69) is 9.72 Å². The third kappa shape index (κ3) is 4.15. The van der Waals surface area contributed by atoms with E-state index < -0.39 is 50.4 Å². The van der Waals surface area contributed by atoms with Crippen LogP contribution in [-0.4, -0.2) is 19.8 Å². The van der Waals surface area contributed by atoms with Gasteiger partial charge in [0, 0.05) is 23.3 Å². The summed E-state index contributed by atoms with van der Waals surface area (Å²) in [6, 6.07) is 0.145. The Hall–Kier alpha value is -1.20. The number of alkyl halides is 5. The summed E-state index contributed by atoms with van der Waals surface area (Å²) in [4.78, 5) is 1.97. The van der Waals surface area contributed by atoms with E-state index in [0.29, 0.717) is 0 Å². The summed E-state index contributed by atoms with van der Waals surface area (Å²) in [6.45, 7) is -0.726. The Labute approximate surface area is 113 Å². The van der Waals surface area contributed by atoms with E-state index in [0.717, 1.165) is 0 Å². The van der Waals surface area contributed by atoms with Gasteiger partial charge in [-0.05, 0) is 0 Å². The number of ether oxygens (including phenoxy) is 1. The Bertz CT molecular complexity index is 605. The maximum atomic E-state index is 12.5. The quantitative estimate of drug-likeness (QED) is 0.672. The molecule has 0 amide bonds. The van der Waals surface area contributed by atoms with Crippen molar-refractivity contribution < 1.29 is 35.1 Å². The van der Waals surface area contributed by atoms with Gasteiger partial charge in [0.15, 0.2) is 5.75 Å². The molecule has 0 aliphatic rings. The van der Waals surface area contributed by atoms with Crippen LogP contribution < -0.4 is 10.5 Å². The van der Waals surface area contributed by atoms with Crippen molar-refractivity contribution in [1.82, 2.24) is 4.98 Å². The van der Waals surface area contributed by atoms with Crippen molar-refractivity contribution in [2.45, 2.75) is 24.2 Å². The second-order valence-electron chi connectivity index (χ2n) is 3.31. The summed E-state index contributed by atoms with van der Waals surface area (Å²) < 4.78 is 87.4. The van der Waals surface area contributed by atoms with Gasteiger partial charge in [-0.3, -0.25) is 0 Å². The normalized spacial score (nSPS) is 12.8. The molecule has 12 heteroatoms. The van der Waals surface area contributed by atoms with Gasteiger partial charge >= 0.3 is 6.36 Å². The minimum Gasteiger partial charge on any atom is -0.404 e. The summed E-state index contributed by atoms with van der Waals surface area (Å²) in [6.07, 6.45) is -8.55. The molecule has 0 saturated heterocycles. The highest BCUT2D eigenvalue weighted by molar-refractivity contribution is 8.13. The Kier molecular flexibility index (Phi) is 4.77. The molecule has 20 heavy (non-hydrogen) atoms. The van der Waals surface area contributed by atoms with Crippen LogP contribution in [-0.2, 0) is 15.6 Å². The fourth-order valence-electron chi connectivity index (χ4n) is 1.29. The van der Waals surface area contributed by atoms with E-state index in [9.17, 15) is 30.4 Å². The van der Waals surface area contributed by atoms with Gasteiger partial charge in [-0.1, -0.05) is 0 Å². The number of halogens is 6. The van der Waals surface area contributed by atoms with Crippen molar-refractivity contribution in [2.75, 3.05) is 0 Å². The molecule has 0 fully saturated rings. The van der Waals surface area contributed by atoms with Gasteiger partial charge in [0.2, 0.25) is 0 Å². The van der Waals surface area contributed by atoms with Crippen molar-refractivity contribution in [3.05, 3.63) is 17.5 Å². The molecule has 0 atom stereocenters. The largest absolute Gasteiger partial charge is 0.573 e. The Morgan fingerprint density at radius 2 is 1.95 bits per heavy atom. The standard InChI is InChI=1S/C8H6ClF5N2O3S/c9-20(17,18)6-4(2-15)16-3(7(10)11)1-5(6)19-8(12,13)14/h1,7H,2,15H2. The van der Waals surface area contributed by atoms with Gasteiger partial charge in [0.05, 0.1) is 5.69 Å². The van der Waals surface area contributed by atoms with Crippen LogP contribution in [0.1, 0.15) is 17.8 Å². The lowest BCUT2D eigenvalue weighted by molar-refractivity contribution is -0.275. The summed E-state index contributed by atoms with van der Waals surface area (Å²) in [5.41, 5.74) is 3.21. The molecule has 0 saturated carbocycles. The lowest BCUT2D eigenvalue weighted by atomic mass is 10.2. The minimum absolute atomic E-state index is 0.145. The van der Waals surface area contributed by atoms with E-state index in [1.54, 1.807) is 0 Å². The lowest BCUT2D eigenvalue weighted by Crippen LogP contribution is -2.20. The van der Waals surface area contributed by atoms with Gasteiger partial charge in [0.1, 0.15) is 10.6 Å². The fraction of sp³-hybridized carbons (Fsp3) is 0.375. The van der Waals surface area contributed by atoms with Crippen LogP contribution in [0.15, 0.2) is 11.0 Å². The number of nitrogens with zero attached hydrogens (tertiary/aromatic N) is 1. The number of hydrogen-bond donors (Lipinski definition) is 1. The zero-order valence-corrected chi connectivity index (χ0v) is 10.9. The molecule has 0 bridgehead atoms. The molecular weight excluding hydrogens is 335 g/mol. The highest BCUT2D eigenvalue weighted by atomic mass is 35.7. The summed E-state index contributed by atoms with van der Waals surface area (Å²) in [5, 5.41) is 0. The van der Waals surface area contributed by atoms with Gasteiger partial charge in [-0.25, -0.2) is 22.2 Å². The number of nitrogens with two attached hydrogens (primary N) is 1. The number of aromatic nitrogens is 1.